The number of aromatic nitrogens is 1. The van der Waals surface area contributed by atoms with Crippen molar-refractivity contribution in [3.63, 3.8) is 0 Å². The summed E-state index contributed by atoms with van der Waals surface area (Å²) >= 11 is 1.45. The van der Waals surface area contributed by atoms with Crippen LogP contribution >= 0.6 is 11.3 Å². The van der Waals surface area contributed by atoms with Gasteiger partial charge < -0.3 is 14.4 Å². The highest BCUT2D eigenvalue weighted by molar-refractivity contribution is 7.09. The number of thiazole rings is 1. The standard InChI is InChI=1S/C27H31F2N3O3S/c1-27(28,29)21-7-4-6-19(12-21)14-32(15-20-9-10-24-25(13-20)35-18-34-24)16-26-30-22(17-36-26)23(33)8-5-11-31(2)3/h4,6-7,9-10,12-13,17H,5,8,11,14-16,18H2,1-3H3. The largest absolute Gasteiger partial charge is 0.454 e. The van der Waals surface area contributed by atoms with Crippen molar-refractivity contribution in [2.45, 2.75) is 45.3 Å². The van der Waals surface area contributed by atoms with E-state index in [9.17, 15) is 13.6 Å². The van der Waals surface area contributed by atoms with Crippen molar-refractivity contribution in [1.29, 1.82) is 0 Å². The fourth-order valence-electron chi connectivity index (χ4n) is 4.05. The molecule has 2 aromatic carbocycles. The molecular weight excluding hydrogens is 484 g/mol. The molecule has 1 aromatic heterocycles. The van der Waals surface area contributed by atoms with E-state index in [1.165, 1.54) is 17.4 Å². The molecule has 0 saturated heterocycles. The minimum atomic E-state index is -2.91. The second kappa shape index (κ2) is 11.5. The van der Waals surface area contributed by atoms with Crippen LogP contribution in [0.2, 0.25) is 0 Å². The molecule has 1 aliphatic heterocycles. The van der Waals surface area contributed by atoms with E-state index < -0.39 is 5.92 Å². The predicted molar refractivity (Wildman–Crippen MR) is 136 cm³/mol. The van der Waals surface area contributed by atoms with Gasteiger partial charge in [0.05, 0.1) is 6.54 Å². The molecule has 0 unspecified atom stereocenters. The molecule has 0 spiro atoms. The molecule has 36 heavy (non-hydrogen) atoms. The number of rotatable bonds is 12. The maximum absolute atomic E-state index is 13.9. The Balaban J connectivity index is 1.50. The number of benzene rings is 2. The van der Waals surface area contributed by atoms with Gasteiger partial charge in [-0.05, 0) is 56.4 Å². The van der Waals surface area contributed by atoms with Crippen LogP contribution in [0.15, 0.2) is 47.8 Å². The van der Waals surface area contributed by atoms with Gasteiger partial charge in [0.1, 0.15) is 10.7 Å². The maximum atomic E-state index is 13.9. The molecule has 6 nitrogen and oxygen atoms in total. The number of nitrogens with zero attached hydrogens (tertiary/aromatic N) is 3. The number of carbonyl (C=O) groups excluding carboxylic acids is 1. The minimum Gasteiger partial charge on any atom is -0.454 e. The van der Waals surface area contributed by atoms with Crippen molar-refractivity contribution >= 4 is 17.1 Å². The van der Waals surface area contributed by atoms with E-state index in [1.54, 1.807) is 12.1 Å². The molecule has 9 heteroatoms. The van der Waals surface area contributed by atoms with Crippen molar-refractivity contribution < 1.29 is 23.0 Å². The molecule has 3 aromatic rings. The van der Waals surface area contributed by atoms with E-state index in [2.05, 4.69) is 14.8 Å². The summed E-state index contributed by atoms with van der Waals surface area (Å²) in [6, 6.07) is 12.3. The monoisotopic (exact) mass is 515 g/mol. The quantitative estimate of drug-likeness (QED) is 0.288. The van der Waals surface area contributed by atoms with E-state index in [-0.39, 0.29) is 18.1 Å². The number of halogens is 2. The normalized spacial score (nSPS) is 13.1. The SMILES string of the molecule is CN(C)CCCC(=O)c1csc(CN(Cc2cccc(C(C)(F)F)c2)Cc2ccc3c(c2)OCO3)n1. The lowest BCUT2D eigenvalue weighted by atomic mass is 10.1. The lowest BCUT2D eigenvalue weighted by molar-refractivity contribution is 0.0173. The third-order valence-electron chi connectivity index (χ3n) is 5.89. The average molecular weight is 516 g/mol. The van der Waals surface area contributed by atoms with Crippen LogP contribution in [-0.4, -0.2) is 48.0 Å². The molecule has 192 valence electrons. The van der Waals surface area contributed by atoms with Crippen LogP contribution in [0, 0.1) is 0 Å². The van der Waals surface area contributed by atoms with Gasteiger partial charge in [-0.25, -0.2) is 13.8 Å². The predicted octanol–water partition coefficient (Wildman–Crippen LogP) is 5.71. The summed E-state index contributed by atoms with van der Waals surface area (Å²) in [5.74, 6) is -1.46. The molecule has 0 atom stereocenters. The van der Waals surface area contributed by atoms with Crippen molar-refractivity contribution in [1.82, 2.24) is 14.8 Å². The Morgan fingerprint density at radius 1 is 1.06 bits per heavy atom. The summed E-state index contributed by atoms with van der Waals surface area (Å²) in [7, 11) is 3.97. The third-order valence-corrected chi connectivity index (χ3v) is 6.72. The zero-order valence-corrected chi connectivity index (χ0v) is 21.6. The van der Waals surface area contributed by atoms with Gasteiger partial charge in [-0.3, -0.25) is 9.69 Å². The van der Waals surface area contributed by atoms with Crippen LogP contribution in [0.3, 0.4) is 0 Å². The fraction of sp³-hybridized carbons (Fsp3) is 0.407. The zero-order valence-electron chi connectivity index (χ0n) is 20.8. The summed E-state index contributed by atoms with van der Waals surface area (Å²) in [5.41, 5.74) is 2.27. The van der Waals surface area contributed by atoms with Gasteiger partial charge in [0.15, 0.2) is 17.3 Å². The Morgan fingerprint density at radius 2 is 1.81 bits per heavy atom. The molecular formula is C27H31F2N3O3S. The van der Waals surface area contributed by atoms with Crippen LogP contribution in [0.25, 0.3) is 0 Å². The number of ether oxygens (including phenoxy) is 2. The lowest BCUT2D eigenvalue weighted by Gasteiger charge is -2.22. The first kappa shape index (κ1) is 26.2. The van der Waals surface area contributed by atoms with Gasteiger partial charge in [0.25, 0.3) is 5.92 Å². The van der Waals surface area contributed by atoms with Crippen molar-refractivity contribution in [3.8, 4) is 11.5 Å². The first-order chi connectivity index (χ1) is 17.2. The van der Waals surface area contributed by atoms with E-state index >= 15 is 0 Å². The molecule has 0 fully saturated rings. The molecule has 0 bridgehead atoms. The highest BCUT2D eigenvalue weighted by atomic mass is 32.1. The topological polar surface area (TPSA) is 54.9 Å². The molecule has 0 amide bonds. The second-order valence-corrected chi connectivity index (χ2v) is 10.3. The van der Waals surface area contributed by atoms with E-state index in [0.29, 0.717) is 43.2 Å². The third kappa shape index (κ3) is 7.09. The van der Waals surface area contributed by atoms with Gasteiger partial charge >= 0.3 is 0 Å². The molecule has 0 saturated carbocycles. The van der Waals surface area contributed by atoms with Gasteiger partial charge in [0, 0.05) is 37.4 Å². The number of alkyl halides is 2. The summed E-state index contributed by atoms with van der Waals surface area (Å²) in [4.78, 5) is 21.3. The van der Waals surface area contributed by atoms with Crippen molar-refractivity contribution in [2.24, 2.45) is 0 Å². The Bertz CT molecular complexity index is 1190. The summed E-state index contributed by atoms with van der Waals surface area (Å²) in [5, 5.41) is 2.62. The smallest absolute Gasteiger partial charge is 0.270 e. The number of carbonyl (C=O) groups is 1. The maximum Gasteiger partial charge on any atom is 0.270 e. The first-order valence-electron chi connectivity index (χ1n) is 11.9. The molecule has 0 N–H and O–H groups in total. The number of Topliss-reactive ketones (excluding diaryl/α,β-unsaturated/α-hetero) is 1. The van der Waals surface area contributed by atoms with Crippen LogP contribution in [0.5, 0.6) is 11.5 Å². The number of ketones is 1. The molecule has 2 heterocycles. The number of fused-ring (bicyclic) bond motifs is 1. The van der Waals surface area contributed by atoms with Crippen LogP contribution in [0.1, 0.15) is 52.0 Å². The van der Waals surface area contributed by atoms with Crippen LogP contribution < -0.4 is 9.47 Å². The van der Waals surface area contributed by atoms with Crippen molar-refractivity contribution in [3.05, 3.63) is 75.2 Å². The van der Waals surface area contributed by atoms with Crippen LogP contribution in [-0.2, 0) is 25.6 Å². The zero-order chi connectivity index (χ0) is 25.7. The highest BCUT2D eigenvalue weighted by Gasteiger charge is 2.24. The molecule has 0 radical (unpaired) electrons. The highest BCUT2D eigenvalue weighted by Crippen LogP contribution is 2.33. The van der Waals surface area contributed by atoms with E-state index in [0.717, 1.165) is 36.0 Å². The van der Waals surface area contributed by atoms with E-state index in [1.807, 2.05) is 43.7 Å². The second-order valence-electron chi connectivity index (χ2n) is 9.38. The molecule has 4 rings (SSSR count). The molecule has 1 aliphatic rings. The van der Waals surface area contributed by atoms with E-state index in [4.69, 9.17) is 9.47 Å². The summed E-state index contributed by atoms with van der Waals surface area (Å²) < 4.78 is 38.8. The Labute approximate surface area is 214 Å². The lowest BCUT2D eigenvalue weighted by Crippen LogP contribution is -2.23. The van der Waals surface area contributed by atoms with Crippen molar-refractivity contribution in [2.75, 3.05) is 27.4 Å². The summed E-state index contributed by atoms with van der Waals surface area (Å²) in [6.45, 7) is 3.44. The Morgan fingerprint density at radius 3 is 2.56 bits per heavy atom. The number of hydrogen-bond donors (Lipinski definition) is 0. The minimum absolute atomic E-state index is 0.0112. The Hall–Kier alpha value is -2.88. The average Bonchev–Trinajstić information content (AvgIpc) is 3.47. The number of hydrogen-bond acceptors (Lipinski definition) is 7. The summed E-state index contributed by atoms with van der Waals surface area (Å²) in [6.07, 6.45) is 1.24. The molecule has 0 aliphatic carbocycles. The van der Waals surface area contributed by atoms with Gasteiger partial charge in [-0.15, -0.1) is 11.3 Å². The fourth-order valence-corrected chi connectivity index (χ4v) is 4.89. The van der Waals surface area contributed by atoms with Gasteiger partial charge in [-0.1, -0.05) is 24.3 Å². The Kier molecular flexibility index (Phi) is 8.33. The van der Waals surface area contributed by atoms with Crippen LogP contribution in [0.4, 0.5) is 8.78 Å². The van der Waals surface area contributed by atoms with Gasteiger partial charge in [-0.2, -0.15) is 0 Å². The first-order valence-corrected chi connectivity index (χ1v) is 12.8. The van der Waals surface area contributed by atoms with Gasteiger partial charge in [0.2, 0.25) is 6.79 Å².